The van der Waals surface area contributed by atoms with E-state index in [4.69, 9.17) is 0 Å². The molecule has 6 heteroatoms. The molecule has 1 aromatic heterocycles. The lowest BCUT2D eigenvalue weighted by Gasteiger charge is -2.18. The second-order valence-electron chi connectivity index (χ2n) is 6.54. The van der Waals surface area contributed by atoms with Crippen LogP contribution < -0.4 is 0 Å². The van der Waals surface area contributed by atoms with Gasteiger partial charge in [-0.1, -0.05) is 31.5 Å². The SMILES string of the molecule is Cc1ccc(S(=O)(=O)n2c(C(O)C(C)C)cc3cc(F)ccc32)cc1. The average molecular weight is 361 g/mol. The Hall–Kier alpha value is -2.18. The third-order valence-corrected chi connectivity index (χ3v) is 6.00. The number of hydrogen-bond acceptors (Lipinski definition) is 3. The van der Waals surface area contributed by atoms with Crippen LogP contribution in [-0.2, 0) is 10.0 Å². The first-order valence-electron chi connectivity index (χ1n) is 8.03. The quantitative estimate of drug-likeness (QED) is 0.764. The molecule has 0 saturated heterocycles. The molecular formula is C19H20FNO3S. The molecule has 3 rings (SSSR count). The van der Waals surface area contributed by atoms with E-state index in [0.717, 1.165) is 9.54 Å². The molecule has 132 valence electrons. The van der Waals surface area contributed by atoms with E-state index in [-0.39, 0.29) is 16.5 Å². The fourth-order valence-electron chi connectivity index (χ4n) is 2.81. The Kier molecular flexibility index (Phi) is 4.43. The molecule has 0 spiro atoms. The molecule has 0 fully saturated rings. The van der Waals surface area contributed by atoms with Crippen molar-refractivity contribution in [3.63, 3.8) is 0 Å². The van der Waals surface area contributed by atoms with Crippen LogP contribution in [0, 0.1) is 18.7 Å². The Morgan fingerprint density at radius 3 is 2.28 bits per heavy atom. The average Bonchev–Trinajstić information content (AvgIpc) is 2.93. The van der Waals surface area contributed by atoms with Crippen LogP contribution in [0.4, 0.5) is 4.39 Å². The highest BCUT2D eigenvalue weighted by Gasteiger charge is 2.27. The molecule has 0 aliphatic heterocycles. The lowest BCUT2D eigenvalue weighted by molar-refractivity contribution is 0.122. The number of aryl methyl sites for hydroxylation is 1. The maximum Gasteiger partial charge on any atom is 0.268 e. The summed E-state index contributed by atoms with van der Waals surface area (Å²) in [4.78, 5) is 0.122. The minimum atomic E-state index is -3.93. The first-order valence-corrected chi connectivity index (χ1v) is 9.47. The van der Waals surface area contributed by atoms with Crippen LogP contribution in [0.2, 0.25) is 0 Å². The molecule has 0 saturated carbocycles. The topological polar surface area (TPSA) is 59.3 Å². The van der Waals surface area contributed by atoms with Crippen LogP contribution in [0.25, 0.3) is 10.9 Å². The highest BCUT2D eigenvalue weighted by molar-refractivity contribution is 7.90. The van der Waals surface area contributed by atoms with Crippen LogP contribution in [0.3, 0.4) is 0 Å². The van der Waals surface area contributed by atoms with Gasteiger partial charge in [-0.3, -0.25) is 0 Å². The van der Waals surface area contributed by atoms with Gasteiger partial charge in [0, 0.05) is 5.39 Å². The van der Waals surface area contributed by atoms with Crippen molar-refractivity contribution < 1.29 is 17.9 Å². The second-order valence-corrected chi connectivity index (χ2v) is 8.33. The molecule has 1 unspecified atom stereocenters. The summed E-state index contributed by atoms with van der Waals surface area (Å²) in [6, 6.07) is 12.0. The molecule has 0 amide bonds. The van der Waals surface area contributed by atoms with Crippen LogP contribution >= 0.6 is 0 Å². The zero-order valence-electron chi connectivity index (χ0n) is 14.3. The number of benzene rings is 2. The zero-order valence-corrected chi connectivity index (χ0v) is 15.1. The van der Waals surface area contributed by atoms with Crippen molar-refractivity contribution in [2.45, 2.75) is 31.8 Å². The number of aliphatic hydroxyl groups excluding tert-OH is 1. The predicted molar refractivity (Wildman–Crippen MR) is 95.5 cm³/mol. The van der Waals surface area contributed by atoms with E-state index in [9.17, 15) is 17.9 Å². The number of aromatic nitrogens is 1. The molecule has 1 atom stereocenters. The Bertz CT molecular complexity index is 1020. The number of halogens is 1. The third-order valence-electron chi connectivity index (χ3n) is 4.24. The molecule has 25 heavy (non-hydrogen) atoms. The van der Waals surface area contributed by atoms with Gasteiger partial charge in [0.2, 0.25) is 0 Å². The summed E-state index contributed by atoms with van der Waals surface area (Å²) >= 11 is 0. The summed E-state index contributed by atoms with van der Waals surface area (Å²) in [5.41, 5.74) is 1.52. The lowest BCUT2D eigenvalue weighted by atomic mass is 10.0. The summed E-state index contributed by atoms with van der Waals surface area (Å²) in [6.07, 6.45) is -0.990. The van der Waals surface area contributed by atoms with Crippen molar-refractivity contribution in [2.75, 3.05) is 0 Å². The summed E-state index contributed by atoms with van der Waals surface area (Å²) < 4.78 is 41.1. The highest BCUT2D eigenvalue weighted by Crippen LogP contribution is 2.32. The third kappa shape index (κ3) is 3.07. The van der Waals surface area contributed by atoms with Gasteiger partial charge in [-0.2, -0.15) is 0 Å². The maximum atomic E-state index is 13.6. The predicted octanol–water partition coefficient (Wildman–Crippen LogP) is 4.02. The number of rotatable bonds is 4. The van der Waals surface area contributed by atoms with Crippen LogP contribution in [-0.4, -0.2) is 17.5 Å². The van der Waals surface area contributed by atoms with E-state index in [1.54, 1.807) is 26.0 Å². The zero-order chi connectivity index (χ0) is 18.4. The summed E-state index contributed by atoms with van der Waals surface area (Å²) in [6.45, 7) is 5.47. The fourth-order valence-corrected chi connectivity index (χ4v) is 4.37. The van der Waals surface area contributed by atoms with Gasteiger partial charge in [0.15, 0.2) is 0 Å². The van der Waals surface area contributed by atoms with Gasteiger partial charge in [-0.15, -0.1) is 0 Å². The first-order chi connectivity index (χ1) is 11.7. The molecule has 3 aromatic rings. The van der Waals surface area contributed by atoms with E-state index in [1.807, 2.05) is 6.92 Å². The van der Waals surface area contributed by atoms with Crippen molar-refractivity contribution in [2.24, 2.45) is 5.92 Å². The Balaban J connectivity index is 2.33. The molecule has 0 bridgehead atoms. The van der Waals surface area contributed by atoms with Gasteiger partial charge >= 0.3 is 0 Å². The van der Waals surface area contributed by atoms with Crippen LogP contribution in [0.15, 0.2) is 53.4 Å². The number of fused-ring (bicyclic) bond motifs is 1. The van der Waals surface area contributed by atoms with Crippen molar-refractivity contribution >= 4 is 20.9 Å². The minimum absolute atomic E-state index is 0.122. The summed E-state index contributed by atoms with van der Waals surface area (Å²) in [5, 5.41) is 11.0. The molecule has 2 aromatic carbocycles. The van der Waals surface area contributed by atoms with E-state index >= 15 is 0 Å². The van der Waals surface area contributed by atoms with Crippen LogP contribution in [0.1, 0.15) is 31.2 Å². The molecule has 1 heterocycles. The van der Waals surface area contributed by atoms with Crippen molar-refractivity contribution in [3.8, 4) is 0 Å². The maximum absolute atomic E-state index is 13.6. The van der Waals surface area contributed by atoms with E-state index in [2.05, 4.69) is 0 Å². The second kappa shape index (κ2) is 6.28. The van der Waals surface area contributed by atoms with Gasteiger partial charge in [0.05, 0.1) is 22.2 Å². The molecule has 0 aliphatic rings. The minimum Gasteiger partial charge on any atom is -0.387 e. The monoisotopic (exact) mass is 361 g/mol. The molecular weight excluding hydrogens is 341 g/mol. The van der Waals surface area contributed by atoms with Gasteiger partial charge in [-0.05, 0) is 49.2 Å². The van der Waals surface area contributed by atoms with E-state index in [0.29, 0.717) is 10.9 Å². The smallest absolute Gasteiger partial charge is 0.268 e. The highest BCUT2D eigenvalue weighted by atomic mass is 32.2. The molecule has 0 radical (unpaired) electrons. The number of nitrogens with zero attached hydrogens (tertiary/aromatic N) is 1. The Morgan fingerprint density at radius 1 is 1.04 bits per heavy atom. The van der Waals surface area contributed by atoms with Gasteiger partial charge in [0.1, 0.15) is 5.82 Å². The summed E-state index contributed by atoms with van der Waals surface area (Å²) in [5.74, 6) is -0.649. The summed E-state index contributed by atoms with van der Waals surface area (Å²) in [7, 11) is -3.93. The van der Waals surface area contributed by atoms with Crippen molar-refractivity contribution in [1.82, 2.24) is 3.97 Å². The standard InChI is InChI=1S/C19H20FNO3S/c1-12(2)19(22)18-11-14-10-15(20)6-9-17(14)21(18)25(23,24)16-7-4-13(3)5-8-16/h4-12,19,22H,1-3H3. The normalized spacial score (nSPS) is 13.5. The van der Waals surface area contributed by atoms with Crippen LogP contribution in [0.5, 0.6) is 0 Å². The molecule has 4 nitrogen and oxygen atoms in total. The molecule has 0 aliphatic carbocycles. The van der Waals surface area contributed by atoms with Gasteiger partial charge < -0.3 is 5.11 Å². The number of hydrogen-bond donors (Lipinski definition) is 1. The van der Waals surface area contributed by atoms with E-state index < -0.39 is 21.9 Å². The van der Waals surface area contributed by atoms with Crippen molar-refractivity contribution in [1.29, 1.82) is 0 Å². The van der Waals surface area contributed by atoms with Gasteiger partial charge in [-0.25, -0.2) is 16.8 Å². The Morgan fingerprint density at radius 2 is 1.68 bits per heavy atom. The number of aliphatic hydroxyl groups is 1. The van der Waals surface area contributed by atoms with E-state index in [1.165, 1.54) is 36.4 Å². The Labute approximate surface area is 146 Å². The lowest BCUT2D eigenvalue weighted by Crippen LogP contribution is -2.19. The largest absolute Gasteiger partial charge is 0.387 e. The van der Waals surface area contributed by atoms with Crippen molar-refractivity contribution in [3.05, 3.63) is 65.6 Å². The van der Waals surface area contributed by atoms with Gasteiger partial charge in [0.25, 0.3) is 10.0 Å². The first kappa shape index (κ1) is 17.6. The molecule has 1 N–H and O–H groups in total. The fraction of sp³-hybridized carbons (Fsp3) is 0.263.